The topological polar surface area (TPSA) is 119 Å². The van der Waals surface area contributed by atoms with E-state index in [9.17, 15) is 27.9 Å². The molecule has 1 atom stereocenters. The summed E-state index contributed by atoms with van der Waals surface area (Å²) in [6.45, 7) is -0.0810. The number of rotatable bonds is 3. The maximum atomic E-state index is 13.1. The van der Waals surface area contributed by atoms with E-state index in [2.05, 4.69) is 0 Å². The molecule has 0 fully saturated rings. The molecule has 2 heterocycles. The number of anilines is 1. The van der Waals surface area contributed by atoms with Crippen LogP contribution in [-0.2, 0) is 28.9 Å². The molecule has 1 unspecified atom stereocenters. The highest BCUT2D eigenvalue weighted by atomic mass is 32.2. The van der Waals surface area contributed by atoms with Gasteiger partial charge >= 0.3 is 11.7 Å². The Morgan fingerprint density at radius 2 is 1.85 bits per heavy atom. The molecule has 0 bridgehead atoms. The standard InChI is InChI=1S/C16H17N3O6S/c1-17-9-13(14(20)18(2)16(17)23)26(24,25)19-8-7-11(15(21)22)10-5-3-4-6-12(10)19/h3-6,9,11H,7-8H2,1-2H3,(H,21,22). The van der Waals surface area contributed by atoms with Crippen LogP contribution in [0.1, 0.15) is 17.9 Å². The molecule has 1 N–H and O–H groups in total. The predicted octanol–water partition coefficient (Wildman–Crippen LogP) is -0.149. The number of sulfonamides is 1. The van der Waals surface area contributed by atoms with E-state index < -0.39 is 38.1 Å². The lowest BCUT2D eigenvalue weighted by Gasteiger charge is -2.33. The quantitative estimate of drug-likeness (QED) is 0.792. The lowest BCUT2D eigenvalue weighted by Crippen LogP contribution is -2.44. The van der Waals surface area contributed by atoms with E-state index in [0.29, 0.717) is 5.56 Å². The lowest BCUT2D eigenvalue weighted by molar-refractivity contribution is -0.139. The van der Waals surface area contributed by atoms with Crippen LogP contribution >= 0.6 is 0 Å². The summed E-state index contributed by atoms with van der Waals surface area (Å²) in [5.41, 5.74) is -0.969. The third kappa shape index (κ3) is 2.62. The summed E-state index contributed by atoms with van der Waals surface area (Å²) in [4.78, 5) is 35.1. The van der Waals surface area contributed by atoms with Gasteiger partial charge in [-0.05, 0) is 18.1 Å². The van der Waals surface area contributed by atoms with Crippen LogP contribution < -0.4 is 15.6 Å². The van der Waals surface area contributed by atoms with Crippen molar-refractivity contribution in [3.63, 3.8) is 0 Å². The Morgan fingerprint density at radius 1 is 1.19 bits per heavy atom. The van der Waals surface area contributed by atoms with E-state index in [0.717, 1.165) is 19.6 Å². The van der Waals surface area contributed by atoms with E-state index in [4.69, 9.17) is 0 Å². The van der Waals surface area contributed by atoms with Gasteiger partial charge in [-0.3, -0.25) is 18.5 Å². The predicted molar refractivity (Wildman–Crippen MR) is 92.9 cm³/mol. The molecule has 10 heteroatoms. The molecule has 0 amide bonds. The average Bonchev–Trinajstić information content (AvgIpc) is 2.61. The maximum Gasteiger partial charge on any atom is 0.330 e. The van der Waals surface area contributed by atoms with Gasteiger partial charge in [0.05, 0.1) is 11.6 Å². The Balaban J connectivity index is 2.21. The zero-order valence-corrected chi connectivity index (χ0v) is 14.9. The van der Waals surface area contributed by atoms with Crippen molar-refractivity contribution >= 4 is 21.7 Å². The summed E-state index contributed by atoms with van der Waals surface area (Å²) < 4.78 is 29.0. The zero-order chi connectivity index (χ0) is 19.2. The third-order valence-electron chi connectivity index (χ3n) is 4.48. The van der Waals surface area contributed by atoms with Crippen LogP contribution in [0.3, 0.4) is 0 Å². The highest BCUT2D eigenvalue weighted by Gasteiger charge is 2.37. The van der Waals surface area contributed by atoms with Crippen LogP contribution in [-0.4, -0.2) is 35.2 Å². The van der Waals surface area contributed by atoms with Gasteiger partial charge in [0.2, 0.25) is 0 Å². The van der Waals surface area contributed by atoms with E-state index in [-0.39, 0.29) is 18.7 Å². The van der Waals surface area contributed by atoms with Gasteiger partial charge in [0.25, 0.3) is 15.6 Å². The number of aliphatic carboxylic acids is 1. The monoisotopic (exact) mass is 379 g/mol. The van der Waals surface area contributed by atoms with Gasteiger partial charge < -0.3 is 9.67 Å². The molecule has 0 spiro atoms. The highest BCUT2D eigenvalue weighted by Crippen LogP contribution is 2.37. The smallest absolute Gasteiger partial charge is 0.330 e. The first-order chi connectivity index (χ1) is 12.2. The van der Waals surface area contributed by atoms with Crippen LogP contribution in [0.25, 0.3) is 0 Å². The normalized spacial score (nSPS) is 17.0. The average molecular weight is 379 g/mol. The molecule has 3 rings (SSSR count). The van der Waals surface area contributed by atoms with Gasteiger partial charge in [-0.1, -0.05) is 18.2 Å². The molecule has 1 aromatic heterocycles. The summed E-state index contributed by atoms with van der Waals surface area (Å²) >= 11 is 0. The van der Waals surface area contributed by atoms with E-state index >= 15 is 0 Å². The Morgan fingerprint density at radius 3 is 2.50 bits per heavy atom. The first kappa shape index (κ1) is 17.9. The maximum absolute atomic E-state index is 13.1. The molecule has 0 saturated carbocycles. The van der Waals surface area contributed by atoms with Crippen molar-refractivity contribution in [2.24, 2.45) is 14.1 Å². The second-order valence-corrected chi connectivity index (χ2v) is 7.90. The molecule has 0 aliphatic carbocycles. The number of hydrogen-bond donors (Lipinski definition) is 1. The number of aryl methyl sites for hydroxylation is 1. The number of hydrogen-bond acceptors (Lipinski definition) is 5. The van der Waals surface area contributed by atoms with Crippen molar-refractivity contribution in [3.8, 4) is 0 Å². The molecule has 0 radical (unpaired) electrons. The molecule has 1 aliphatic heterocycles. The minimum atomic E-state index is -4.27. The van der Waals surface area contributed by atoms with Gasteiger partial charge in [-0.25, -0.2) is 13.2 Å². The van der Waals surface area contributed by atoms with Crippen LogP contribution in [0, 0.1) is 0 Å². The van der Waals surface area contributed by atoms with E-state index in [1.165, 1.54) is 20.2 Å². The SMILES string of the molecule is Cn1cc(S(=O)(=O)N2CCC(C(=O)O)c3ccccc32)c(=O)n(C)c1=O. The van der Waals surface area contributed by atoms with Crippen LogP contribution in [0.5, 0.6) is 0 Å². The molecular formula is C16H17N3O6S. The van der Waals surface area contributed by atoms with Crippen molar-refractivity contribution in [2.45, 2.75) is 17.2 Å². The fourth-order valence-electron chi connectivity index (χ4n) is 3.11. The number of fused-ring (bicyclic) bond motifs is 1. The molecule has 1 aromatic carbocycles. The van der Waals surface area contributed by atoms with E-state index in [1.54, 1.807) is 18.2 Å². The molecule has 0 saturated heterocycles. The lowest BCUT2D eigenvalue weighted by atomic mass is 9.91. The highest BCUT2D eigenvalue weighted by molar-refractivity contribution is 7.92. The molecular weight excluding hydrogens is 362 g/mol. The van der Waals surface area contributed by atoms with Crippen molar-refractivity contribution in [1.29, 1.82) is 0 Å². The second kappa shape index (κ2) is 6.13. The Kier molecular flexibility index (Phi) is 4.23. The van der Waals surface area contributed by atoms with Gasteiger partial charge in [0.1, 0.15) is 0 Å². The molecule has 2 aromatic rings. The van der Waals surface area contributed by atoms with Crippen LogP contribution in [0.4, 0.5) is 5.69 Å². The van der Waals surface area contributed by atoms with Gasteiger partial charge in [0.15, 0.2) is 4.90 Å². The molecule has 138 valence electrons. The summed E-state index contributed by atoms with van der Waals surface area (Å²) in [6.07, 6.45) is 1.07. The second-order valence-electron chi connectivity index (χ2n) is 6.07. The van der Waals surface area contributed by atoms with Gasteiger partial charge in [-0.2, -0.15) is 0 Å². The first-order valence-corrected chi connectivity index (χ1v) is 9.21. The minimum Gasteiger partial charge on any atom is -0.481 e. The fourth-order valence-corrected chi connectivity index (χ4v) is 4.77. The number of benzene rings is 1. The Labute approximate surface area is 148 Å². The fraction of sp³-hybridized carbons (Fsp3) is 0.312. The largest absolute Gasteiger partial charge is 0.481 e. The zero-order valence-electron chi connectivity index (χ0n) is 14.1. The Bertz CT molecular complexity index is 1120. The number of aromatic nitrogens is 2. The number of carboxylic acids is 1. The number of para-hydroxylation sites is 1. The minimum absolute atomic E-state index is 0.0810. The van der Waals surface area contributed by atoms with Crippen molar-refractivity contribution < 1.29 is 18.3 Å². The van der Waals surface area contributed by atoms with Gasteiger partial charge in [-0.15, -0.1) is 0 Å². The number of carbonyl (C=O) groups is 1. The summed E-state index contributed by atoms with van der Waals surface area (Å²) in [5.74, 6) is -1.85. The van der Waals surface area contributed by atoms with Crippen molar-refractivity contribution in [1.82, 2.24) is 9.13 Å². The van der Waals surface area contributed by atoms with Crippen molar-refractivity contribution in [2.75, 3.05) is 10.8 Å². The number of carboxylic acid groups (broad SMARTS) is 1. The first-order valence-electron chi connectivity index (χ1n) is 7.77. The van der Waals surface area contributed by atoms with Crippen molar-refractivity contribution in [3.05, 3.63) is 56.9 Å². The molecule has 1 aliphatic rings. The number of nitrogens with zero attached hydrogens (tertiary/aromatic N) is 3. The van der Waals surface area contributed by atoms with E-state index in [1.807, 2.05) is 0 Å². The summed E-state index contributed by atoms with van der Waals surface area (Å²) in [6, 6.07) is 6.31. The van der Waals surface area contributed by atoms with Gasteiger partial charge in [0, 0.05) is 26.8 Å². The molecule has 9 nitrogen and oxygen atoms in total. The third-order valence-corrected chi connectivity index (χ3v) is 6.28. The van der Waals surface area contributed by atoms with Crippen LogP contribution in [0.15, 0.2) is 44.9 Å². The van der Waals surface area contributed by atoms with Crippen LogP contribution in [0.2, 0.25) is 0 Å². The molecule has 26 heavy (non-hydrogen) atoms. The Hall–Kier alpha value is -2.88. The summed E-state index contributed by atoms with van der Waals surface area (Å²) in [5, 5.41) is 9.38. The summed E-state index contributed by atoms with van der Waals surface area (Å²) in [7, 11) is -1.71.